The number of phenolic OH excluding ortho intramolecular Hbond substituents is 1. The molecule has 1 aromatic rings. The molecule has 1 rings (SSSR count). The summed E-state index contributed by atoms with van der Waals surface area (Å²) in [6.45, 7) is 6.69. The maximum absolute atomic E-state index is 10.2. The predicted molar refractivity (Wildman–Crippen MR) is 72.6 cm³/mol. The van der Waals surface area contributed by atoms with Gasteiger partial charge in [-0.25, -0.2) is 0 Å². The van der Waals surface area contributed by atoms with Gasteiger partial charge in [-0.15, -0.1) is 0 Å². The number of benzene rings is 1. The summed E-state index contributed by atoms with van der Waals surface area (Å²) in [4.78, 5) is 0. The van der Waals surface area contributed by atoms with Crippen LogP contribution < -0.4 is 5.73 Å². The molecule has 0 unspecified atom stereocenters. The summed E-state index contributed by atoms with van der Waals surface area (Å²) in [5, 5.41) is 10.2. The van der Waals surface area contributed by atoms with Gasteiger partial charge in [0, 0.05) is 22.1 Å². The summed E-state index contributed by atoms with van der Waals surface area (Å²) >= 11 is 3.46. The smallest absolute Gasteiger partial charge is 0.126 e. The first kappa shape index (κ1) is 13.3. The molecule has 0 aliphatic rings. The lowest BCUT2D eigenvalue weighted by molar-refractivity contribution is 0.445. The number of nitrogens with two attached hydrogens (primary N) is 1. The van der Waals surface area contributed by atoms with Crippen LogP contribution in [0.3, 0.4) is 0 Å². The Balaban J connectivity index is 3.32. The van der Waals surface area contributed by atoms with E-state index in [4.69, 9.17) is 5.73 Å². The number of halogens is 1. The van der Waals surface area contributed by atoms with Crippen LogP contribution in [0.1, 0.15) is 31.9 Å². The second kappa shape index (κ2) is 5.02. The van der Waals surface area contributed by atoms with Crippen molar-refractivity contribution < 1.29 is 5.11 Å². The van der Waals surface area contributed by atoms with Crippen LogP contribution in [-0.4, -0.2) is 11.7 Å². The largest absolute Gasteiger partial charge is 0.507 e. The van der Waals surface area contributed by atoms with Gasteiger partial charge in [0.05, 0.1) is 0 Å². The summed E-state index contributed by atoms with van der Waals surface area (Å²) in [7, 11) is 0. The highest BCUT2D eigenvalue weighted by Gasteiger charge is 2.20. The van der Waals surface area contributed by atoms with E-state index in [1.165, 1.54) is 0 Å². The van der Waals surface area contributed by atoms with Crippen LogP contribution >= 0.6 is 15.9 Å². The van der Waals surface area contributed by atoms with Crippen molar-refractivity contribution in [2.45, 2.75) is 26.2 Å². The molecule has 0 atom stereocenters. The standard InChI is InChI=1S/C13H18BrNO/c1-13(2,3)11-8-10(14)7-9(12(11)16)5-4-6-15/h4-5,7-8,16H,6,15H2,1-3H3/b5-4+. The van der Waals surface area contributed by atoms with E-state index in [0.29, 0.717) is 12.3 Å². The Bertz CT molecular complexity index is 405. The minimum absolute atomic E-state index is 0.0842. The molecule has 0 aliphatic carbocycles. The molecule has 3 heteroatoms. The molecule has 0 amide bonds. The normalized spacial score (nSPS) is 12.3. The van der Waals surface area contributed by atoms with Crippen molar-refractivity contribution in [3.05, 3.63) is 33.8 Å². The van der Waals surface area contributed by atoms with E-state index < -0.39 is 0 Å². The molecule has 1 aromatic carbocycles. The summed E-state index contributed by atoms with van der Waals surface area (Å²) in [5.74, 6) is 0.334. The first-order valence-corrected chi connectivity index (χ1v) is 6.05. The van der Waals surface area contributed by atoms with Crippen LogP contribution in [0.4, 0.5) is 0 Å². The fraction of sp³-hybridized carbons (Fsp3) is 0.385. The average Bonchev–Trinajstić information content (AvgIpc) is 2.17. The Morgan fingerprint density at radius 2 is 2.00 bits per heavy atom. The lowest BCUT2D eigenvalue weighted by Crippen LogP contribution is -2.11. The van der Waals surface area contributed by atoms with Gasteiger partial charge in [0.1, 0.15) is 5.75 Å². The zero-order valence-electron chi connectivity index (χ0n) is 9.92. The Labute approximate surface area is 105 Å². The first-order valence-electron chi connectivity index (χ1n) is 5.26. The third-order valence-electron chi connectivity index (χ3n) is 2.35. The molecule has 0 aliphatic heterocycles. The minimum atomic E-state index is -0.0842. The topological polar surface area (TPSA) is 46.2 Å². The third-order valence-corrected chi connectivity index (χ3v) is 2.80. The molecule has 0 fully saturated rings. The van der Waals surface area contributed by atoms with Gasteiger partial charge < -0.3 is 10.8 Å². The molecule has 2 nitrogen and oxygen atoms in total. The molecule has 0 spiro atoms. The van der Waals surface area contributed by atoms with E-state index >= 15 is 0 Å². The van der Waals surface area contributed by atoms with E-state index in [-0.39, 0.29) is 5.41 Å². The molecule has 0 bridgehead atoms. The fourth-order valence-electron chi connectivity index (χ4n) is 1.51. The molecule has 0 radical (unpaired) electrons. The second-order valence-electron chi connectivity index (χ2n) is 4.78. The Morgan fingerprint density at radius 3 is 2.50 bits per heavy atom. The Hall–Kier alpha value is -0.800. The zero-order valence-corrected chi connectivity index (χ0v) is 11.5. The van der Waals surface area contributed by atoms with Crippen LogP contribution in [0.5, 0.6) is 5.75 Å². The lowest BCUT2D eigenvalue weighted by atomic mass is 9.85. The number of phenols is 1. The zero-order chi connectivity index (χ0) is 12.3. The fourth-order valence-corrected chi connectivity index (χ4v) is 1.99. The summed E-state index contributed by atoms with van der Waals surface area (Å²) in [6.07, 6.45) is 3.67. The number of hydrogen-bond donors (Lipinski definition) is 2. The first-order chi connectivity index (χ1) is 7.36. The number of hydrogen-bond acceptors (Lipinski definition) is 2. The van der Waals surface area contributed by atoms with Crippen molar-refractivity contribution in [3.8, 4) is 5.75 Å². The SMILES string of the molecule is CC(C)(C)c1cc(Br)cc(/C=C/CN)c1O. The van der Waals surface area contributed by atoms with Gasteiger partial charge in [-0.2, -0.15) is 0 Å². The quantitative estimate of drug-likeness (QED) is 0.874. The van der Waals surface area contributed by atoms with Crippen molar-refractivity contribution >= 4 is 22.0 Å². The minimum Gasteiger partial charge on any atom is -0.507 e. The molecule has 0 aromatic heterocycles. The van der Waals surface area contributed by atoms with Crippen LogP contribution in [0.15, 0.2) is 22.7 Å². The predicted octanol–water partition coefficient (Wildman–Crippen LogP) is 3.42. The van der Waals surface area contributed by atoms with Crippen molar-refractivity contribution in [3.63, 3.8) is 0 Å². The van der Waals surface area contributed by atoms with Crippen LogP contribution in [-0.2, 0) is 5.41 Å². The van der Waals surface area contributed by atoms with Crippen LogP contribution in [0, 0.1) is 0 Å². The third kappa shape index (κ3) is 3.09. The summed E-state index contributed by atoms with van der Waals surface area (Å²) in [6, 6.07) is 3.84. The molecular weight excluding hydrogens is 266 g/mol. The van der Waals surface area contributed by atoms with E-state index in [1.807, 2.05) is 24.3 Å². The highest BCUT2D eigenvalue weighted by molar-refractivity contribution is 9.10. The number of rotatable bonds is 2. The maximum atomic E-state index is 10.2. The van der Waals surface area contributed by atoms with Gasteiger partial charge in [0.2, 0.25) is 0 Å². The van der Waals surface area contributed by atoms with Crippen LogP contribution in [0.2, 0.25) is 0 Å². The molecule has 0 saturated heterocycles. The molecule has 88 valence electrons. The van der Waals surface area contributed by atoms with Gasteiger partial charge in [0.15, 0.2) is 0 Å². The van der Waals surface area contributed by atoms with Crippen molar-refractivity contribution in [1.29, 1.82) is 0 Å². The summed E-state index contributed by atoms with van der Waals surface area (Å²) < 4.78 is 0.965. The second-order valence-corrected chi connectivity index (χ2v) is 5.69. The van der Waals surface area contributed by atoms with Gasteiger partial charge >= 0.3 is 0 Å². The molecule has 16 heavy (non-hydrogen) atoms. The van der Waals surface area contributed by atoms with Gasteiger partial charge in [-0.05, 0) is 17.5 Å². The van der Waals surface area contributed by atoms with E-state index in [1.54, 1.807) is 0 Å². The van der Waals surface area contributed by atoms with Crippen molar-refractivity contribution in [2.75, 3.05) is 6.54 Å². The van der Waals surface area contributed by atoms with Crippen molar-refractivity contribution in [2.24, 2.45) is 5.73 Å². The highest BCUT2D eigenvalue weighted by atomic mass is 79.9. The van der Waals surface area contributed by atoms with Gasteiger partial charge in [-0.1, -0.05) is 48.9 Å². The molecule has 0 heterocycles. The van der Waals surface area contributed by atoms with Gasteiger partial charge in [0.25, 0.3) is 0 Å². The Morgan fingerprint density at radius 1 is 1.38 bits per heavy atom. The monoisotopic (exact) mass is 283 g/mol. The molecule has 3 N–H and O–H groups in total. The summed E-state index contributed by atoms with van der Waals surface area (Å²) in [5.41, 5.74) is 7.05. The van der Waals surface area contributed by atoms with Gasteiger partial charge in [-0.3, -0.25) is 0 Å². The average molecular weight is 284 g/mol. The highest BCUT2D eigenvalue weighted by Crippen LogP contribution is 2.36. The molecule has 0 saturated carbocycles. The molecular formula is C13H18BrNO. The maximum Gasteiger partial charge on any atom is 0.126 e. The van der Waals surface area contributed by atoms with E-state index in [9.17, 15) is 5.11 Å². The van der Waals surface area contributed by atoms with E-state index in [0.717, 1.165) is 15.6 Å². The lowest BCUT2D eigenvalue weighted by Gasteiger charge is -2.21. The van der Waals surface area contributed by atoms with Crippen LogP contribution in [0.25, 0.3) is 6.08 Å². The van der Waals surface area contributed by atoms with E-state index in [2.05, 4.69) is 36.7 Å². The Kier molecular flexibility index (Phi) is 4.16. The number of aromatic hydroxyl groups is 1. The van der Waals surface area contributed by atoms with Crippen molar-refractivity contribution in [1.82, 2.24) is 0 Å².